The van der Waals surface area contributed by atoms with Crippen molar-refractivity contribution >= 4 is 21.8 Å². The molecule has 0 amide bonds. The first kappa shape index (κ1) is 23.9. The number of hydrogen-bond donors (Lipinski definition) is 0. The maximum absolute atomic E-state index is 13.6. The molecule has 0 fully saturated rings. The van der Waals surface area contributed by atoms with Crippen LogP contribution in [0.15, 0.2) is 109 Å². The van der Waals surface area contributed by atoms with Crippen LogP contribution >= 0.6 is 0 Å². The van der Waals surface area contributed by atoms with Gasteiger partial charge in [-0.2, -0.15) is 4.57 Å². The van der Waals surface area contributed by atoms with E-state index >= 15 is 0 Å². The third-order valence-corrected chi connectivity index (χ3v) is 7.04. The minimum absolute atomic E-state index is 0.246. The molecule has 0 aliphatic carbocycles. The molecule has 0 bridgehead atoms. The van der Waals surface area contributed by atoms with Crippen LogP contribution in [0.25, 0.3) is 21.8 Å². The highest BCUT2D eigenvalue weighted by Crippen LogP contribution is 2.33. The fraction of sp³-hybridized carbons (Fsp3) is 0.121. The first-order valence-corrected chi connectivity index (χ1v) is 12.7. The van der Waals surface area contributed by atoms with Gasteiger partial charge in [0.25, 0.3) is 0 Å². The average Bonchev–Trinajstić information content (AvgIpc) is 3.25. The van der Waals surface area contributed by atoms with E-state index in [1.54, 1.807) is 12.1 Å². The number of nitrogens with zero attached hydrogens (tertiary/aromatic N) is 2. The monoisotopic (exact) mass is 505 g/mol. The Morgan fingerprint density at radius 3 is 2.11 bits per heavy atom. The number of halogens is 2. The molecule has 3 nitrogen and oxygen atoms in total. The first-order valence-electron chi connectivity index (χ1n) is 12.7. The van der Waals surface area contributed by atoms with Crippen LogP contribution in [0.4, 0.5) is 8.78 Å². The van der Waals surface area contributed by atoms with Gasteiger partial charge in [-0.25, -0.2) is 8.78 Å². The highest BCUT2D eigenvalue weighted by atomic mass is 19.1. The third-order valence-electron chi connectivity index (χ3n) is 7.04. The molecule has 2 heterocycles. The zero-order valence-corrected chi connectivity index (χ0v) is 21.1. The zero-order valence-electron chi connectivity index (χ0n) is 21.1. The van der Waals surface area contributed by atoms with Gasteiger partial charge in [-0.1, -0.05) is 54.6 Å². The quantitative estimate of drug-likeness (QED) is 0.208. The molecule has 5 heteroatoms. The predicted octanol–water partition coefficient (Wildman–Crippen LogP) is 7.34. The molecule has 0 aliphatic rings. The van der Waals surface area contributed by atoms with Gasteiger partial charge in [0.15, 0.2) is 12.7 Å². The summed E-state index contributed by atoms with van der Waals surface area (Å²) in [6.45, 7) is 3.86. The van der Waals surface area contributed by atoms with Crippen molar-refractivity contribution in [1.29, 1.82) is 0 Å². The van der Waals surface area contributed by atoms with Gasteiger partial charge in [0.1, 0.15) is 29.5 Å². The summed E-state index contributed by atoms with van der Waals surface area (Å²) in [5, 5.41) is 2.29. The molecule has 0 spiro atoms. The van der Waals surface area contributed by atoms with E-state index in [0.29, 0.717) is 13.2 Å². The number of aryl methyl sites for hydroxylation is 1. The van der Waals surface area contributed by atoms with Gasteiger partial charge in [0, 0.05) is 41.9 Å². The van der Waals surface area contributed by atoms with Crippen molar-refractivity contribution in [2.24, 2.45) is 0 Å². The van der Waals surface area contributed by atoms with E-state index in [1.165, 1.54) is 29.8 Å². The van der Waals surface area contributed by atoms with Crippen molar-refractivity contribution in [2.75, 3.05) is 0 Å². The summed E-state index contributed by atoms with van der Waals surface area (Å²) in [6, 6.07) is 31.7. The van der Waals surface area contributed by atoms with Crippen LogP contribution in [0.1, 0.15) is 22.4 Å². The maximum Gasteiger partial charge on any atom is 0.203 e. The molecule has 188 valence electrons. The molecule has 0 radical (unpaired) electrons. The normalized spacial score (nSPS) is 11.3. The molecule has 4 aromatic carbocycles. The Labute approximate surface area is 220 Å². The molecule has 2 aromatic heterocycles. The Kier molecular flexibility index (Phi) is 6.34. The molecule has 38 heavy (non-hydrogen) atoms. The van der Waals surface area contributed by atoms with Crippen molar-refractivity contribution in [1.82, 2.24) is 4.57 Å². The largest absolute Gasteiger partial charge is 0.489 e. The summed E-state index contributed by atoms with van der Waals surface area (Å²) in [6.07, 6.45) is 2.14. The lowest BCUT2D eigenvalue weighted by Gasteiger charge is -2.11. The van der Waals surface area contributed by atoms with Crippen molar-refractivity contribution < 1.29 is 18.1 Å². The summed E-state index contributed by atoms with van der Waals surface area (Å²) in [7, 11) is 0. The van der Waals surface area contributed by atoms with Crippen molar-refractivity contribution in [3.05, 3.63) is 143 Å². The number of aromatic nitrogens is 2. The van der Waals surface area contributed by atoms with Crippen LogP contribution in [0.5, 0.6) is 5.75 Å². The molecule has 0 unspecified atom stereocenters. The second-order valence-electron chi connectivity index (χ2n) is 9.58. The number of hydrogen-bond acceptors (Lipinski definition) is 1. The molecular formula is C33H27F2N2O+. The Bertz CT molecular complexity index is 1720. The topological polar surface area (TPSA) is 18.0 Å². The number of fused-ring (bicyclic) bond motifs is 3. The Morgan fingerprint density at radius 1 is 0.711 bits per heavy atom. The van der Waals surface area contributed by atoms with Crippen molar-refractivity contribution in [3.63, 3.8) is 0 Å². The van der Waals surface area contributed by atoms with E-state index in [1.807, 2.05) is 24.3 Å². The highest BCUT2D eigenvalue weighted by molar-refractivity contribution is 6.08. The average molecular weight is 506 g/mol. The summed E-state index contributed by atoms with van der Waals surface area (Å²) >= 11 is 0. The third kappa shape index (κ3) is 4.75. The molecule has 0 aliphatic heterocycles. The van der Waals surface area contributed by atoms with Gasteiger partial charge in [0.05, 0.1) is 5.52 Å². The predicted molar refractivity (Wildman–Crippen MR) is 146 cm³/mol. The molecule has 0 N–H and O–H groups in total. The van der Waals surface area contributed by atoms with Gasteiger partial charge in [-0.05, 0) is 47.5 Å². The van der Waals surface area contributed by atoms with Gasteiger partial charge in [-0.3, -0.25) is 0 Å². The highest BCUT2D eigenvalue weighted by Gasteiger charge is 2.20. The van der Waals surface area contributed by atoms with Crippen LogP contribution in [0, 0.1) is 18.6 Å². The first-order chi connectivity index (χ1) is 18.5. The molecule has 0 saturated heterocycles. The van der Waals surface area contributed by atoms with Gasteiger partial charge >= 0.3 is 0 Å². The number of pyridine rings is 1. The second-order valence-corrected chi connectivity index (χ2v) is 9.58. The van der Waals surface area contributed by atoms with E-state index in [9.17, 15) is 8.78 Å². The Balaban J connectivity index is 1.45. The lowest BCUT2D eigenvalue weighted by molar-refractivity contribution is -0.693. The summed E-state index contributed by atoms with van der Waals surface area (Å²) in [4.78, 5) is 0. The molecular weight excluding hydrogens is 478 g/mol. The zero-order chi connectivity index (χ0) is 26.1. The Morgan fingerprint density at radius 2 is 1.39 bits per heavy atom. The van der Waals surface area contributed by atoms with Crippen molar-refractivity contribution in [3.8, 4) is 5.75 Å². The minimum Gasteiger partial charge on any atom is -0.489 e. The lowest BCUT2D eigenvalue weighted by Crippen LogP contribution is -2.37. The van der Waals surface area contributed by atoms with Crippen LogP contribution < -0.4 is 9.30 Å². The minimum atomic E-state index is -0.264. The number of rotatable bonds is 7. The van der Waals surface area contributed by atoms with Gasteiger partial charge < -0.3 is 9.30 Å². The fourth-order valence-electron chi connectivity index (χ4n) is 5.05. The van der Waals surface area contributed by atoms with Crippen LogP contribution in [-0.4, -0.2) is 4.57 Å². The van der Waals surface area contributed by atoms with Gasteiger partial charge in [0.2, 0.25) is 5.69 Å². The fourth-order valence-corrected chi connectivity index (χ4v) is 5.05. The van der Waals surface area contributed by atoms with E-state index in [-0.39, 0.29) is 11.6 Å². The van der Waals surface area contributed by atoms with E-state index in [0.717, 1.165) is 50.9 Å². The van der Waals surface area contributed by atoms with E-state index in [4.69, 9.17) is 4.74 Å². The van der Waals surface area contributed by atoms with E-state index < -0.39 is 0 Å². The summed E-state index contributed by atoms with van der Waals surface area (Å²) in [5.74, 6) is 0.226. The van der Waals surface area contributed by atoms with E-state index in [2.05, 4.69) is 64.7 Å². The molecule has 6 aromatic rings. The van der Waals surface area contributed by atoms with Crippen LogP contribution in [0.2, 0.25) is 0 Å². The van der Waals surface area contributed by atoms with Gasteiger partial charge in [-0.15, -0.1) is 0 Å². The SMILES string of the molecule is Cc1c2c(cc[n+]1Cc1ccccc1)c1ccc(OCc3ccc(F)cc3)cc1n2Cc1ccc(F)cc1. The van der Waals surface area contributed by atoms with Crippen molar-refractivity contribution in [2.45, 2.75) is 26.6 Å². The number of benzene rings is 4. The summed E-state index contributed by atoms with van der Waals surface area (Å²) in [5.41, 5.74) is 6.48. The lowest BCUT2D eigenvalue weighted by atomic mass is 10.1. The van der Waals surface area contributed by atoms with Crippen LogP contribution in [0.3, 0.4) is 0 Å². The summed E-state index contributed by atoms with van der Waals surface area (Å²) < 4.78 is 37.6. The molecule has 0 atom stereocenters. The molecule has 0 saturated carbocycles. The number of ether oxygens (including phenoxy) is 1. The maximum atomic E-state index is 13.6. The molecule has 6 rings (SSSR count). The standard InChI is InChI=1S/C33H27F2N2O/c1-23-33-31(17-18-36(23)20-24-5-3-2-4-6-24)30-16-15-29(38-22-26-9-13-28(35)14-10-26)19-32(30)37(33)21-25-7-11-27(34)12-8-25/h2-19H,20-22H2,1H3/q+1. The Hall–Kier alpha value is -4.51. The van der Waals surface area contributed by atoms with Crippen LogP contribution in [-0.2, 0) is 19.7 Å². The smallest absolute Gasteiger partial charge is 0.203 e. The second kappa shape index (κ2) is 10.1.